The molecule has 0 atom stereocenters. The van der Waals surface area contributed by atoms with Crippen molar-refractivity contribution in [3.05, 3.63) is 48.2 Å². The summed E-state index contributed by atoms with van der Waals surface area (Å²) < 4.78 is 26.7. The number of hydrogen-bond acceptors (Lipinski definition) is 4. The van der Waals surface area contributed by atoms with Crippen LogP contribution in [-0.2, 0) is 16.4 Å². The molecule has 2 aromatic rings. The minimum Gasteiger partial charge on any atom is -0.372 e. The van der Waals surface area contributed by atoms with E-state index in [0.717, 1.165) is 6.42 Å². The Bertz CT molecular complexity index is 712. The Morgan fingerprint density at radius 3 is 2.43 bits per heavy atom. The Hall–Kier alpha value is -2.08. The number of anilines is 2. The molecule has 0 saturated carbocycles. The zero-order chi connectivity index (χ0) is 15.5. The lowest BCUT2D eigenvalue weighted by molar-refractivity contribution is 0.594. The van der Waals surface area contributed by atoms with Gasteiger partial charge in [0.1, 0.15) is 10.7 Å². The predicted octanol–water partition coefficient (Wildman–Crippen LogP) is 2.51. The van der Waals surface area contributed by atoms with Crippen molar-refractivity contribution in [2.24, 2.45) is 0 Å². The van der Waals surface area contributed by atoms with Crippen molar-refractivity contribution in [3.63, 3.8) is 0 Å². The molecule has 5 nitrogen and oxygen atoms in total. The smallest absolute Gasteiger partial charge is 0.267 e. The number of aryl methyl sites for hydroxylation is 1. The van der Waals surface area contributed by atoms with Gasteiger partial charge in [0.05, 0.1) is 5.69 Å². The Labute approximate surface area is 125 Å². The molecule has 21 heavy (non-hydrogen) atoms. The maximum atomic E-state index is 12.7. The predicted molar refractivity (Wildman–Crippen MR) is 85.2 cm³/mol. The topological polar surface area (TPSA) is 62.3 Å². The second-order valence-electron chi connectivity index (χ2n) is 4.59. The summed E-state index contributed by atoms with van der Waals surface area (Å²) in [6.45, 7) is 2.06. The highest BCUT2D eigenvalue weighted by Gasteiger charge is 2.24. The van der Waals surface area contributed by atoms with E-state index in [2.05, 4.69) is 17.2 Å². The van der Waals surface area contributed by atoms with Crippen molar-refractivity contribution >= 4 is 21.5 Å². The number of aromatic nitrogens is 1. The first kappa shape index (κ1) is 15.3. The van der Waals surface area contributed by atoms with E-state index in [0.29, 0.717) is 11.5 Å². The van der Waals surface area contributed by atoms with Crippen LogP contribution in [-0.4, -0.2) is 27.5 Å². The number of benzene rings is 1. The van der Waals surface area contributed by atoms with E-state index in [9.17, 15) is 8.42 Å². The van der Waals surface area contributed by atoms with Gasteiger partial charge < -0.3 is 5.32 Å². The highest BCUT2D eigenvalue weighted by atomic mass is 32.2. The molecule has 1 aromatic heterocycles. The van der Waals surface area contributed by atoms with E-state index in [1.165, 1.54) is 9.87 Å². The van der Waals surface area contributed by atoms with E-state index >= 15 is 0 Å². The van der Waals surface area contributed by atoms with Crippen LogP contribution < -0.4 is 9.62 Å². The van der Waals surface area contributed by atoms with Gasteiger partial charge in [-0.2, -0.15) is 0 Å². The van der Waals surface area contributed by atoms with Crippen LogP contribution >= 0.6 is 0 Å². The van der Waals surface area contributed by atoms with E-state index in [1.807, 2.05) is 24.3 Å². The van der Waals surface area contributed by atoms with Crippen molar-refractivity contribution in [2.45, 2.75) is 18.2 Å². The van der Waals surface area contributed by atoms with Crippen molar-refractivity contribution in [1.82, 2.24) is 4.98 Å². The number of rotatable bonds is 5. The number of sulfonamides is 1. The average molecular weight is 305 g/mol. The third kappa shape index (κ3) is 3.00. The van der Waals surface area contributed by atoms with Gasteiger partial charge in [-0.05, 0) is 36.2 Å². The highest BCUT2D eigenvalue weighted by Crippen LogP contribution is 2.26. The number of nitrogens with one attached hydrogen (secondary N) is 1. The zero-order valence-electron chi connectivity index (χ0n) is 12.4. The van der Waals surface area contributed by atoms with Crippen molar-refractivity contribution < 1.29 is 8.42 Å². The molecule has 2 rings (SSSR count). The van der Waals surface area contributed by atoms with Gasteiger partial charge in [-0.25, -0.2) is 13.4 Å². The van der Waals surface area contributed by atoms with E-state index in [4.69, 9.17) is 0 Å². The third-order valence-corrected chi connectivity index (χ3v) is 5.17. The van der Waals surface area contributed by atoms with Gasteiger partial charge in [0.2, 0.25) is 0 Å². The molecule has 0 aliphatic heterocycles. The van der Waals surface area contributed by atoms with Crippen LogP contribution in [0.2, 0.25) is 0 Å². The van der Waals surface area contributed by atoms with E-state index < -0.39 is 10.0 Å². The monoisotopic (exact) mass is 305 g/mol. The first-order chi connectivity index (χ1) is 10.0. The lowest BCUT2D eigenvalue weighted by Gasteiger charge is -2.21. The summed E-state index contributed by atoms with van der Waals surface area (Å²) in [6.07, 6.45) is 2.48. The molecular weight excluding hydrogens is 286 g/mol. The third-order valence-electron chi connectivity index (χ3n) is 3.35. The first-order valence-electron chi connectivity index (χ1n) is 6.71. The van der Waals surface area contributed by atoms with Crippen LogP contribution in [0.15, 0.2) is 47.5 Å². The number of nitrogens with zero attached hydrogens (tertiary/aromatic N) is 2. The molecule has 6 heteroatoms. The Balaban J connectivity index is 2.42. The standard InChI is InChI=1S/C15H19N3O2S/c1-4-12-7-9-13(10-8-12)18(3)21(19,20)14-6-5-11-17-15(14)16-2/h5-11H,4H2,1-3H3,(H,16,17). The molecule has 112 valence electrons. The fraction of sp³-hybridized carbons (Fsp3) is 0.267. The van der Waals surface area contributed by atoms with Crippen molar-refractivity contribution in [3.8, 4) is 0 Å². The van der Waals surface area contributed by atoms with Gasteiger partial charge in [0, 0.05) is 20.3 Å². The molecule has 0 bridgehead atoms. The summed E-state index contributed by atoms with van der Waals surface area (Å²) in [5.74, 6) is 0.342. The maximum Gasteiger partial charge on any atom is 0.267 e. The fourth-order valence-electron chi connectivity index (χ4n) is 2.01. The molecule has 0 radical (unpaired) electrons. The summed E-state index contributed by atoms with van der Waals surface area (Å²) in [5.41, 5.74) is 1.79. The Kier molecular flexibility index (Phi) is 4.47. The van der Waals surface area contributed by atoms with Crippen LogP contribution in [0, 0.1) is 0 Å². The Morgan fingerprint density at radius 2 is 1.86 bits per heavy atom. The second kappa shape index (κ2) is 6.13. The molecule has 0 fully saturated rings. The van der Waals surface area contributed by atoms with Gasteiger partial charge >= 0.3 is 0 Å². The lowest BCUT2D eigenvalue weighted by atomic mass is 10.1. The Morgan fingerprint density at radius 1 is 1.19 bits per heavy atom. The summed E-state index contributed by atoms with van der Waals surface area (Å²) in [7, 11) is -0.451. The summed E-state index contributed by atoms with van der Waals surface area (Å²) in [4.78, 5) is 4.21. The molecule has 0 unspecified atom stereocenters. The van der Waals surface area contributed by atoms with Crippen LogP contribution in [0.1, 0.15) is 12.5 Å². The molecule has 0 aliphatic carbocycles. The summed E-state index contributed by atoms with van der Waals surface area (Å²) >= 11 is 0. The molecule has 1 aromatic carbocycles. The van der Waals surface area contributed by atoms with Gasteiger partial charge in [-0.3, -0.25) is 4.31 Å². The molecule has 0 amide bonds. The van der Waals surface area contributed by atoms with Crippen LogP contribution in [0.4, 0.5) is 11.5 Å². The molecule has 1 N–H and O–H groups in total. The van der Waals surface area contributed by atoms with Crippen LogP contribution in [0.3, 0.4) is 0 Å². The van der Waals surface area contributed by atoms with Crippen LogP contribution in [0.5, 0.6) is 0 Å². The van der Waals surface area contributed by atoms with Crippen molar-refractivity contribution in [1.29, 1.82) is 0 Å². The van der Waals surface area contributed by atoms with Gasteiger partial charge in [0.15, 0.2) is 0 Å². The highest BCUT2D eigenvalue weighted by molar-refractivity contribution is 7.93. The van der Waals surface area contributed by atoms with E-state index in [1.54, 1.807) is 32.4 Å². The van der Waals surface area contributed by atoms with E-state index in [-0.39, 0.29) is 4.90 Å². The summed E-state index contributed by atoms with van der Waals surface area (Å²) in [6, 6.07) is 10.7. The average Bonchev–Trinajstić information content (AvgIpc) is 2.54. The summed E-state index contributed by atoms with van der Waals surface area (Å²) in [5, 5.41) is 2.81. The molecule has 0 aliphatic rings. The fourth-order valence-corrected chi connectivity index (χ4v) is 3.36. The molecule has 0 saturated heterocycles. The van der Waals surface area contributed by atoms with Gasteiger partial charge in [0.25, 0.3) is 10.0 Å². The maximum absolute atomic E-state index is 12.7. The number of pyridine rings is 1. The second-order valence-corrected chi connectivity index (χ2v) is 6.53. The zero-order valence-corrected chi connectivity index (χ0v) is 13.2. The molecular formula is C15H19N3O2S. The normalized spacial score (nSPS) is 11.2. The lowest BCUT2D eigenvalue weighted by Crippen LogP contribution is -2.27. The molecule has 1 heterocycles. The van der Waals surface area contributed by atoms with Gasteiger partial charge in [-0.1, -0.05) is 19.1 Å². The first-order valence-corrected chi connectivity index (χ1v) is 8.15. The number of hydrogen-bond donors (Lipinski definition) is 1. The molecule has 0 spiro atoms. The van der Waals surface area contributed by atoms with Crippen LogP contribution in [0.25, 0.3) is 0 Å². The minimum atomic E-state index is -3.65. The van der Waals surface area contributed by atoms with Crippen molar-refractivity contribution in [2.75, 3.05) is 23.7 Å². The minimum absolute atomic E-state index is 0.162. The SMILES string of the molecule is CCc1ccc(N(C)S(=O)(=O)c2cccnc2NC)cc1. The quantitative estimate of drug-likeness (QED) is 0.922. The van der Waals surface area contributed by atoms with Gasteiger partial charge in [-0.15, -0.1) is 0 Å². The largest absolute Gasteiger partial charge is 0.372 e.